The maximum atomic E-state index is 13.8. The third-order valence-electron chi connectivity index (χ3n) is 4.02. The maximum absolute atomic E-state index is 13.8. The number of rotatable bonds is 1. The van der Waals surface area contributed by atoms with Gasteiger partial charge < -0.3 is 5.73 Å². The van der Waals surface area contributed by atoms with Gasteiger partial charge in [0.2, 0.25) is 0 Å². The molecule has 3 rings (SSSR count). The van der Waals surface area contributed by atoms with Gasteiger partial charge in [0.25, 0.3) is 0 Å². The van der Waals surface area contributed by atoms with Crippen LogP contribution in [0.2, 0.25) is 0 Å². The quantitative estimate of drug-likeness (QED) is 0.851. The van der Waals surface area contributed by atoms with E-state index in [-0.39, 0.29) is 5.82 Å². The van der Waals surface area contributed by atoms with Crippen molar-refractivity contribution in [2.24, 2.45) is 5.73 Å². The highest BCUT2D eigenvalue weighted by Crippen LogP contribution is 2.37. The molecule has 1 aromatic heterocycles. The maximum Gasteiger partial charge on any atom is 0.126 e. The van der Waals surface area contributed by atoms with Crippen LogP contribution in [0.3, 0.4) is 0 Å². The number of aryl methyl sites for hydroxylation is 2. The van der Waals surface area contributed by atoms with Crippen molar-refractivity contribution in [1.82, 2.24) is 4.98 Å². The van der Waals surface area contributed by atoms with Crippen molar-refractivity contribution >= 4 is 0 Å². The van der Waals surface area contributed by atoms with Gasteiger partial charge in [-0.25, -0.2) is 4.39 Å². The highest BCUT2D eigenvalue weighted by Gasteiger charge is 2.36. The van der Waals surface area contributed by atoms with Gasteiger partial charge in [-0.3, -0.25) is 4.98 Å². The summed E-state index contributed by atoms with van der Waals surface area (Å²) in [5.74, 6) is -0.203. The summed E-state index contributed by atoms with van der Waals surface area (Å²) >= 11 is 0. The molecule has 0 spiro atoms. The molecule has 0 bridgehead atoms. The number of hydrogen-bond acceptors (Lipinski definition) is 2. The van der Waals surface area contributed by atoms with Gasteiger partial charge in [0.05, 0.1) is 11.2 Å². The van der Waals surface area contributed by atoms with Crippen molar-refractivity contribution < 1.29 is 4.39 Å². The highest BCUT2D eigenvalue weighted by atomic mass is 19.1. The third-order valence-corrected chi connectivity index (χ3v) is 4.02. The predicted molar refractivity (Wildman–Crippen MR) is 73.3 cm³/mol. The van der Waals surface area contributed by atoms with Gasteiger partial charge in [-0.05, 0) is 55.0 Å². The number of pyridine rings is 1. The molecule has 1 aliphatic carbocycles. The molecular formula is C16H17FN2. The Morgan fingerprint density at radius 3 is 2.95 bits per heavy atom. The normalized spacial score (nSPS) is 22.1. The van der Waals surface area contributed by atoms with Crippen LogP contribution in [-0.4, -0.2) is 4.98 Å². The predicted octanol–water partition coefficient (Wildman–Crippen LogP) is 3.07. The zero-order valence-electron chi connectivity index (χ0n) is 11.0. The van der Waals surface area contributed by atoms with E-state index in [1.807, 2.05) is 12.1 Å². The Morgan fingerprint density at radius 2 is 2.16 bits per heavy atom. The number of aromatic nitrogens is 1. The van der Waals surface area contributed by atoms with E-state index in [9.17, 15) is 4.39 Å². The smallest absolute Gasteiger partial charge is 0.126 e. The van der Waals surface area contributed by atoms with Gasteiger partial charge in [0.1, 0.15) is 5.82 Å². The molecule has 19 heavy (non-hydrogen) atoms. The number of halogens is 1. The largest absolute Gasteiger partial charge is 0.316 e. The average Bonchev–Trinajstić information content (AvgIpc) is 2.42. The summed E-state index contributed by atoms with van der Waals surface area (Å²) < 4.78 is 13.8. The van der Waals surface area contributed by atoms with Gasteiger partial charge in [0, 0.05) is 6.20 Å². The second kappa shape index (κ2) is 4.42. The zero-order chi connectivity index (χ0) is 13.5. The molecule has 98 valence electrons. The fourth-order valence-electron chi connectivity index (χ4n) is 2.87. The lowest BCUT2D eigenvalue weighted by atomic mass is 9.76. The van der Waals surface area contributed by atoms with E-state index in [4.69, 9.17) is 5.73 Å². The molecule has 0 amide bonds. The lowest BCUT2D eigenvalue weighted by molar-refractivity contribution is 0.426. The lowest BCUT2D eigenvalue weighted by Gasteiger charge is -2.35. The van der Waals surface area contributed by atoms with Crippen LogP contribution >= 0.6 is 0 Å². The molecule has 0 aliphatic heterocycles. The molecule has 1 aromatic carbocycles. The van der Waals surface area contributed by atoms with Crippen molar-refractivity contribution in [1.29, 1.82) is 0 Å². The first-order valence-corrected chi connectivity index (χ1v) is 6.61. The molecule has 0 radical (unpaired) electrons. The van der Waals surface area contributed by atoms with Crippen molar-refractivity contribution in [3.05, 3.63) is 64.7 Å². The second-order valence-corrected chi connectivity index (χ2v) is 5.30. The summed E-state index contributed by atoms with van der Waals surface area (Å²) in [6.07, 6.45) is 4.57. The Morgan fingerprint density at radius 1 is 1.32 bits per heavy atom. The Hall–Kier alpha value is -1.74. The van der Waals surface area contributed by atoms with Crippen LogP contribution in [-0.2, 0) is 12.0 Å². The van der Waals surface area contributed by atoms with E-state index >= 15 is 0 Å². The minimum atomic E-state index is -0.663. The van der Waals surface area contributed by atoms with Crippen LogP contribution in [0.25, 0.3) is 0 Å². The number of nitrogens with two attached hydrogens (primary N) is 1. The molecule has 2 nitrogen and oxygen atoms in total. The van der Waals surface area contributed by atoms with E-state index in [2.05, 4.69) is 11.1 Å². The number of hydrogen-bond donors (Lipinski definition) is 1. The van der Waals surface area contributed by atoms with Gasteiger partial charge in [-0.15, -0.1) is 0 Å². The van der Waals surface area contributed by atoms with Crippen molar-refractivity contribution in [3.8, 4) is 0 Å². The first kappa shape index (κ1) is 12.3. The Bertz CT molecular complexity index is 624. The number of benzene rings is 1. The van der Waals surface area contributed by atoms with Gasteiger partial charge in [-0.1, -0.05) is 18.2 Å². The molecule has 1 aliphatic rings. The Kier molecular flexibility index (Phi) is 2.86. The Balaban J connectivity index is 2.16. The second-order valence-electron chi connectivity index (χ2n) is 5.30. The Labute approximate surface area is 112 Å². The molecule has 1 atom stereocenters. The van der Waals surface area contributed by atoms with Crippen LogP contribution < -0.4 is 5.73 Å². The summed E-state index contributed by atoms with van der Waals surface area (Å²) in [6.45, 7) is 1.76. The van der Waals surface area contributed by atoms with E-state index < -0.39 is 5.54 Å². The molecule has 2 aromatic rings. The minimum absolute atomic E-state index is 0.203. The molecule has 2 N–H and O–H groups in total. The lowest BCUT2D eigenvalue weighted by Crippen LogP contribution is -2.42. The van der Waals surface area contributed by atoms with Crippen LogP contribution in [0, 0.1) is 12.7 Å². The van der Waals surface area contributed by atoms with E-state index in [0.29, 0.717) is 5.56 Å². The summed E-state index contributed by atoms with van der Waals surface area (Å²) in [4.78, 5) is 4.45. The first-order chi connectivity index (χ1) is 9.11. The zero-order valence-corrected chi connectivity index (χ0v) is 11.0. The van der Waals surface area contributed by atoms with Crippen molar-refractivity contribution in [2.45, 2.75) is 31.7 Å². The molecule has 0 fully saturated rings. The summed E-state index contributed by atoms with van der Waals surface area (Å²) in [5, 5.41) is 0. The van der Waals surface area contributed by atoms with Crippen molar-refractivity contribution in [2.75, 3.05) is 0 Å². The van der Waals surface area contributed by atoms with E-state index in [1.165, 1.54) is 5.56 Å². The molecule has 1 heterocycles. The molecule has 3 heteroatoms. The topological polar surface area (TPSA) is 38.9 Å². The van der Waals surface area contributed by atoms with Gasteiger partial charge >= 0.3 is 0 Å². The fourth-order valence-corrected chi connectivity index (χ4v) is 2.87. The van der Waals surface area contributed by atoms with Crippen LogP contribution in [0.5, 0.6) is 0 Å². The third kappa shape index (κ3) is 1.94. The fraction of sp³-hybridized carbons (Fsp3) is 0.312. The van der Waals surface area contributed by atoms with Gasteiger partial charge in [-0.2, -0.15) is 0 Å². The van der Waals surface area contributed by atoms with Crippen molar-refractivity contribution in [3.63, 3.8) is 0 Å². The number of fused-ring (bicyclic) bond motifs is 1. The summed E-state index contributed by atoms with van der Waals surface area (Å²) in [7, 11) is 0. The molecular weight excluding hydrogens is 239 g/mol. The first-order valence-electron chi connectivity index (χ1n) is 6.61. The standard InChI is InChI=1S/C16H17FN2/c1-11-6-7-13(10-14(11)17)16(18)8-2-4-12-5-3-9-19-15(12)16/h3,5-7,9-10H,2,4,8,18H2,1H3/t16-/m0/s1. The van der Waals surface area contributed by atoms with Crippen LogP contribution in [0.15, 0.2) is 36.5 Å². The average molecular weight is 256 g/mol. The van der Waals surface area contributed by atoms with E-state index in [0.717, 1.165) is 30.5 Å². The summed E-state index contributed by atoms with van der Waals surface area (Å²) in [5.41, 5.74) is 9.45. The number of nitrogens with zero attached hydrogens (tertiary/aromatic N) is 1. The molecule has 0 saturated carbocycles. The summed E-state index contributed by atoms with van der Waals surface area (Å²) in [6, 6.07) is 9.26. The highest BCUT2D eigenvalue weighted by molar-refractivity contribution is 5.41. The van der Waals surface area contributed by atoms with Crippen LogP contribution in [0.4, 0.5) is 4.39 Å². The monoisotopic (exact) mass is 256 g/mol. The minimum Gasteiger partial charge on any atom is -0.316 e. The van der Waals surface area contributed by atoms with Gasteiger partial charge in [0.15, 0.2) is 0 Å². The van der Waals surface area contributed by atoms with Crippen LogP contribution in [0.1, 0.15) is 35.2 Å². The van der Waals surface area contributed by atoms with E-state index in [1.54, 1.807) is 25.3 Å². The molecule has 0 saturated heterocycles. The SMILES string of the molecule is Cc1ccc([C@@]2(N)CCCc3cccnc32)cc1F. The molecule has 0 unspecified atom stereocenters.